The third kappa shape index (κ3) is 2.50. The first-order valence-corrected chi connectivity index (χ1v) is 5.85. The number of aromatic nitrogens is 1. The SMILES string of the molecule is COCCCc1cnc2c(c1)CCC2Cl. The molecular weight excluding hydrogens is 210 g/mol. The van der Waals surface area contributed by atoms with Crippen molar-refractivity contribution in [3.8, 4) is 0 Å². The maximum Gasteiger partial charge on any atom is 0.0763 e. The van der Waals surface area contributed by atoms with Gasteiger partial charge >= 0.3 is 0 Å². The lowest BCUT2D eigenvalue weighted by molar-refractivity contribution is 0.195. The molecule has 1 heterocycles. The summed E-state index contributed by atoms with van der Waals surface area (Å²) in [5.41, 5.74) is 3.73. The topological polar surface area (TPSA) is 22.1 Å². The molecule has 15 heavy (non-hydrogen) atoms. The standard InChI is InChI=1S/C12H16ClNO/c1-15-6-2-3-9-7-10-4-5-11(13)12(10)14-8-9/h7-8,11H,2-6H2,1H3. The number of hydrogen-bond acceptors (Lipinski definition) is 2. The van der Waals surface area contributed by atoms with Gasteiger partial charge in [0.05, 0.1) is 11.1 Å². The first-order chi connectivity index (χ1) is 7.31. The van der Waals surface area contributed by atoms with Gasteiger partial charge in [0, 0.05) is 19.9 Å². The number of ether oxygens (including phenoxy) is 1. The average molecular weight is 226 g/mol. The van der Waals surface area contributed by atoms with E-state index in [9.17, 15) is 0 Å². The van der Waals surface area contributed by atoms with Gasteiger partial charge in [0.1, 0.15) is 0 Å². The molecule has 1 aliphatic rings. The second kappa shape index (κ2) is 4.95. The van der Waals surface area contributed by atoms with Crippen LogP contribution in [0, 0.1) is 0 Å². The van der Waals surface area contributed by atoms with E-state index in [0.29, 0.717) is 0 Å². The Morgan fingerprint density at radius 1 is 1.60 bits per heavy atom. The average Bonchev–Trinajstić information content (AvgIpc) is 2.61. The zero-order chi connectivity index (χ0) is 10.7. The van der Waals surface area contributed by atoms with Crippen LogP contribution in [0.4, 0.5) is 0 Å². The third-order valence-electron chi connectivity index (χ3n) is 2.84. The Kier molecular flexibility index (Phi) is 3.60. The van der Waals surface area contributed by atoms with Crippen molar-refractivity contribution < 1.29 is 4.74 Å². The lowest BCUT2D eigenvalue weighted by atomic mass is 10.1. The number of halogens is 1. The van der Waals surface area contributed by atoms with Crippen molar-refractivity contribution >= 4 is 11.6 Å². The van der Waals surface area contributed by atoms with Gasteiger partial charge in [-0.25, -0.2) is 0 Å². The van der Waals surface area contributed by atoms with Crippen LogP contribution in [-0.4, -0.2) is 18.7 Å². The van der Waals surface area contributed by atoms with Crippen molar-refractivity contribution in [1.82, 2.24) is 4.98 Å². The van der Waals surface area contributed by atoms with Crippen LogP contribution >= 0.6 is 11.6 Å². The largest absolute Gasteiger partial charge is 0.385 e. The number of fused-ring (bicyclic) bond motifs is 1. The molecule has 82 valence electrons. The lowest BCUT2D eigenvalue weighted by Crippen LogP contribution is -1.96. The van der Waals surface area contributed by atoms with Gasteiger partial charge in [-0.1, -0.05) is 6.07 Å². The lowest BCUT2D eigenvalue weighted by Gasteiger charge is -2.05. The second-order valence-corrected chi connectivity index (χ2v) is 4.52. The molecule has 3 heteroatoms. The molecule has 2 nitrogen and oxygen atoms in total. The van der Waals surface area contributed by atoms with Gasteiger partial charge < -0.3 is 4.74 Å². The number of pyridine rings is 1. The van der Waals surface area contributed by atoms with E-state index in [1.165, 1.54) is 11.1 Å². The predicted octanol–water partition coefficient (Wildman–Crippen LogP) is 2.89. The third-order valence-corrected chi connectivity index (χ3v) is 3.26. The number of alkyl halides is 1. The van der Waals surface area contributed by atoms with Crippen molar-refractivity contribution in [3.63, 3.8) is 0 Å². The predicted molar refractivity (Wildman–Crippen MR) is 61.3 cm³/mol. The van der Waals surface area contributed by atoms with E-state index in [-0.39, 0.29) is 5.38 Å². The van der Waals surface area contributed by atoms with Gasteiger partial charge in [0.15, 0.2) is 0 Å². The Morgan fingerprint density at radius 2 is 2.47 bits per heavy atom. The fourth-order valence-corrected chi connectivity index (χ4v) is 2.33. The van der Waals surface area contributed by atoms with Crippen LogP contribution in [0.3, 0.4) is 0 Å². The molecule has 0 amide bonds. The molecule has 2 rings (SSSR count). The molecule has 0 saturated carbocycles. The Balaban J connectivity index is 2.03. The van der Waals surface area contributed by atoms with Gasteiger partial charge in [-0.15, -0.1) is 11.6 Å². The maximum atomic E-state index is 6.14. The van der Waals surface area contributed by atoms with E-state index in [4.69, 9.17) is 16.3 Å². The minimum atomic E-state index is 0.132. The molecule has 0 fully saturated rings. The normalized spacial score (nSPS) is 19.2. The van der Waals surface area contributed by atoms with Crippen molar-refractivity contribution in [2.24, 2.45) is 0 Å². The molecule has 0 N–H and O–H groups in total. The quantitative estimate of drug-likeness (QED) is 0.581. The zero-order valence-corrected chi connectivity index (χ0v) is 9.76. The minimum Gasteiger partial charge on any atom is -0.385 e. The number of rotatable bonds is 4. The molecule has 0 aromatic carbocycles. The summed E-state index contributed by atoms with van der Waals surface area (Å²) < 4.78 is 5.03. The van der Waals surface area contributed by atoms with Crippen LogP contribution in [0.1, 0.15) is 35.0 Å². The van der Waals surface area contributed by atoms with Gasteiger partial charge in [-0.3, -0.25) is 4.98 Å². The summed E-state index contributed by atoms with van der Waals surface area (Å²) in [4.78, 5) is 4.45. The van der Waals surface area contributed by atoms with E-state index in [2.05, 4.69) is 11.1 Å². The highest BCUT2D eigenvalue weighted by atomic mass is 35.5. The van der Waals surface area contributed by atoms with Crippen LogP contribution in [-0.2, 0) is 17.6 Å². The van der Waals surface area contributed by atoms with Crippen LogP contribution in [0.2, 0.25) is 0 Å². The number of hydrogen-bond donors (Lipinski definition) is 0. The molecular formula is C12H16ClNO. The molecule has 0 aliphatic heterocycles. The van der Waals surface area contributed by atoms with Crippen molar-refractivity contribution in [3.05, 3.63) is 29.1 Å². The van der Waals surface area contributed by atoms with Crippen LogP contribution in [0.5, 0.6) is 0 Å². The van der Waals surface area contributed by atoms with E-state index in [1.807, 2.05) is 6.20 Å². The highest BCUT2D eigenvalue weighted by molar-refractivity contribution is 6.21. The Hall–Kier alpha value is -0.600. The van der Waals surface area contributed by atoms with Gasteiger partial charge in [0.2, 0.25) is 0 Å². The summed E-state index contributed by atoms with van der Waals surface area (Å²) in [6.07, 6.45) is 6.16. The van der Waals surface area contributed by atoms with E-state index in [1.54, 1.807) is 7.11 Å². The Morgan fingerprint density at radius 3 is 3.27 bits per heavy atom. The summed E-state index contributed by atoms with van der Waals surface area (Å²) in [6, 6.07) is 2.25. The molecule has 1 aliphatic carbocycles. The monoisotopic (exact) mass is 225 g/mol. The van der Waals surface area contributed by atoms with Crippen LogP contribution in [0.25, 0.3) is 0 Å². The molecule has 1 aromatic heterocycles. The summed E-state index contributed by atoms with van der Waals surface area (Å²) in [5.74, 6) is 0. The smallest absolute Gasteiger partial charge is 0.0763 e. The van der Waals surface area contributed by atoms with Crippen molar-refractivity contribution in [2.45, 2.75) is 31.1 Å². The number of aryl methyl sites for hydroxylation is 2. The highest BCUT2D eigenvalue weighted by Gasteiger charge is 2.21. The summed E-state index contributed by atoms with van der Waals surface area (Å²) in [5, 5.41) is 0.132. The highest BCUT2D eigenvalue weighted by Crippen LogP contribution is 2.34. The Bertz CT molecular complexity index is 340. The molecule has 1 atom stereocenters. The molecule has 0 spiro atoms. The fraction of sp³-hybridized carbons (Fsp3) is 0.583. The van der Waals surface area contributed by atoms with E-state index < -0.39 is 0 Å². The summed E-state index contributed by atoms with van der Waals surface area (Å²) in [6.45, 7) is 0.815. The minimum absolute atomic E-state index is 0.132. The molecule has 1 unspecified atom stereocenters. The molecule has 0 saturated heterocycles. The summed E-state index contributed by atoms with van der Waals surface area (Å²) in [7, 11) is 1.74. The molecule has 0 radical (unpaired) electrons. The van der Waals surface area contributed by atoms with Crippen LogP contribution in [0.15, 0.2) is 12.3 Å². The van der Waals surface area contributed by atoms with Crippen LogP contribution < -0.4 is 0 Å². The summed E-state index contributed by atoms with van der Waals surface area (Å²) >= 11 is 6.14. The van der Waals surface area contributed by atoms with Crippen molar-refractivity contribution in [2.75, 3.05) is 13.7 Å². The fourth-order valence-electron chi connectivity index (χ4n) is 2.03. The number of methoxy groups -OCH3 is 1. The second-order valence-electron chi connectivity index (χ2n) is 3.99. The number of nitrogens with zero attached hydrogens (tertiary/aromatic N) is 1. The molecule has 1 aromatic rings. The maximum absolute atomic E-state index is 6.14. The van der Waals surface area contributed by atoms with Gasteiger partial charge in [-0.05, 0) is 36.8 Å². The van der Waals surface area contributed by atoms with E-state index in [0.717, 1.165) is 38.0 Å². The van der Waals surface area contributed by atoms with Crippen molar-refractivity contribution in [1.29, 1.82) is 0 Å². The first kappa shape index (κ1) is 10.9. The first-order valence-electron chi connectivity index (χ1n) is 5.42. The van der Waals surface area contributed by atoms with Gasteiger partial charge in [-0.2, -0.15) is 0 Å². The van der Waals surface area contributed by atoms with Gasteiger partial charge in [0.25, 0.3) is 0 Å². The van der Waals surface area contributed by atoms with E-state index >= 15 is 0 Å². The zero-order valence-electron chi connectivity index (χ0n) is 9.00. The molecule has 0 bridgehead atoms. The Labute approximate surface area is 95.6 Å².